The normalized spacial score (nSPS) is 11.8. The first-order chi connectivity index (χ1) is 14.7. The molecule has 30 heavy (non-hydrogen) atoms. The van der Waals surface area contributed by atoms with Crippen molar-refractivity contribution in [1.82, 2.24) is 0 Å². The highest BCUT2D eigenvalue weighted by Crippen LogP contribution is 2.29. The predicted octanol–water partition coefficient (Wildman–Crippen LogP) is 4.11. The molecule has 0 aliphatic rings. The van der Waals surface area contributed by atoms with Crippen molar-refractivity contribution in [3.05, 3.63) is 72.3 Å². The van der Waals surface area contributed by atoms with Gasteiger partial charge in [-0.2, -0.15) is 11.8 Å². The van der Waals surface area contributed by atoms with Crippen LogP contribution in [0.5, 0.6) is 11.5 Å². The maximum Gasteiger partial charge on any atom is 0.343 e. The fourth-order valence-corrected chi connectivity index (χ4v) is 3.94. The second-order valence-corrected chi connectivity index (χ2v) is 7.89. The number of hydrogen-bond acceptors (Lipinski definition) is 6. The minimum atomic E-state index is -0.513. The zero-order valence-electron chi connectivity index (χ0n) is 17.0. The molecule has 0 aliphatic heterocycles. The Kier molecular flexibility index (Phi) is 8.41. The van der Waals surface area contributed by atoms with Crippen molar-refractivity contribution in [2.24, 2.45) is 0 Å². The molecule has 0 saturated carbocycles. The van der Waals surface area contributed by atoms with Crippen molar-refractivity contribution in [3.63, 3.8) is 0 Å². The first-order valence-corrected chi connectivity index (χ1v) is 11.0. The van der Waals surface area contributed by atoms with Gasteiger partial charge in [0.1, 0.15) is 18.1 Å². The van der Waals surface area contributed by atoms with Gasteiger partial charge in [-0.05, 0) is 41.3 Å². The van der Waals surface area contributed by atoms with Crippen molar-refractivity contribution in [1.29, 1.82) is 0 Å². The smallest absolute Gasteiger partial charge is 0.343 e. The Morgan fingerprint density at radius 1 is 0.967 bits per heavy atom. The Labute approximate surface area is 181 Å². The molecular weight excluding hydrogens is 400 g/mol. The van der Waals surface area contributed by atoms with Gasteiger partial charge in [-0.3, -0.25) is 0 Å². The second kappa shape index (κ2) is 11.5. The van der Waals surface area contributed by atoms with Gasteiger partial charge in [-0.15, -0.1) is 0 Å². The number of rotatable bonds is 11. The fourth-order valence-electron chi connectivity index (χ4n) is 3.04. The van der Waals surface area contributed by atoms with E-state index >= 15 is 0 Å². The standard InChI is InChI=1S/C24H26O5S/c1-27-24(26)16-29-23-12-6-10-21-18(7-5-11-22(21)23)13-14-30-17-19(25)15-28-20-8-3-2-4-9-20/h2-12,19,25H,13-17H2,1H3/t19-/m0/s1. The van der Waals surface area contributed by atoms with Gasteiger partial charge in [-0.1, -0.05) is 48.5 Å². The van der Waals surface area contributed by atoms with E-state index in [4.69, 9.17) is 9.47 Å². The highest BCUT2D eigenvalue weighted by Gasteiger charge is 2.09. The second-order valence-electron chi connectivity index (χ2n) is 6.74. The summed E-state index contributed by atoms with van der Waals surface area (Å²) in [6, 6.07) is 21.4. The first kappa shape index (κ1) is 22.0. The number of fused-ring (bicyclic) bond motifs is 1. The van der Waals surface area contributed by atoms with Crippen LogP contribution in [0.2, 0.25) is 0 Å². The van der Waals surface area contributed by atoms with Crippen LogP contribution in [0.4, 0.5) is 0 Å². The van der Waals surface area contributed by atoms with Crippen LogP contribution in [0.15, 0.2) is 66.7 Å². The molecule has 0 aromatic heterocycles. The molecule has 0 unspecified atom stereocenters. The molecule has 0 radical (unpaired) electrons. The van der Waals surface area contributed by atoms with Gasteiger partial charge >= 0.3 is 5.97 Å². The number of para-hydroxylation sites is 1. The Hall–Kier alpha value is -2.70. The summed E-state index contributed by atoms with van der Waals surface area (Å²) in [7, 11) is 1.34. The third-order valence-corrected chi connectivity index (χ3v) is 5.67. The third kappa shape index (κ3) is 6.40. The van der Waals surface area contributed by atoms with Crippen molar-refractivity contribution in [2.45, 2.75) is 12.5 Å². The van der Waals surface area contributed by atoms with E-state index in [0.717, 1.165) is 28.7 Å². The number of aryl methyl sites for hydroxylation is 1. The summed E-state index contributed by atoms with van der Waals surface area (Å²) >= 11 is 1.70. The topological polar surface area (TPSA) is 65.0 Å². The van der Waals surface area contributed by atoms with Gasteiger partial charge in [0.2, 0.25) is 0 Å². The summed E-state index contributed by atoms with van der Waals surface area (Å²) in [4.78, 5) is 11.4. The summed E-state index contributed by atoms with van der Waals surface area (Å²) in [5.41, 5.74) is 1.21. The lowest BCUT2D eigenvalue weighted by Gasteiger charge is -2.13. The van der Waals surface area contributed by atoms with Crippen molar-refractivity contribution in [3.8, 4) is 11.5 Å². The molecular formula is C24H26O5S. The Morgan fingerprint density at radius 3 is 2.53 bits per heavy atom. The van der Waals surface area contributed by atoms with E-state index in [1.165, 1.54) is 12.7 Å². The molecule has 0 aliphatic carbocycles. The van der Waals surface area contributed by atoms with Gasteiger partial charge in [-0.25, -0.2) is 4.79 Å². The molecule has 158 valence electrons. The van der Waals surface area contributed by atoms with Gasteiger partial charge in [0.15, 0.2) is 6.61 Å². The molecule has 0 spiro atoms. The van der Waals surface area contributed by atoms with Crippen LogP contribution in [0.25, 0.3) is 10.8 Å². The summed E-state index contributed by atoms with van der Waals surface area (Å²) < 4.78 is 15.9. The lowest BCUT2D eigenvalue weighted by molar-refractivity contribution is -0.142. The van der Waals surface area contributed by atoms with Crippen LogP contribution in [-0.2, 0) is 16.0 Å². The molecule has 3 rings (SSSR count). The number of ether oxygens (including phenoxy) is 3. The number of benzene rings is 3. The molecule has 0 saturated heterocycles. The Bertz CT molecular complexity index is 945. The largest absolute Gasteiger partial charge is 0.491 e. The van der Waals surface area contributed by atoms with E-state index in [2.05, 4.69) is 16.9 Å². The third-order valence-electron chi connectivity index (χ3n) is 4.56. The van der Waals surface area contributed by atoms with Crippen LogP contribution in [0, 0.1) is 0 Å². The molecule has 3 aromatic carbocycles. The average molecular weight is 427 g/mol. The monoisotopic (exact) mass is 426 g/mol. The lowest BCUT2D eigenvalue weighted by atomic mass is 10.0. The Balaban J connectivity index is 1.50. The summed E-state index contributed by atoms with van der Waals surface area (Å²) in [5, 5.41) is 12.2. The highest BCUT2D eigenvalue weighted by molar-refractivity contribution is 7.99. The molecule has 0 amide bonds. The molecule has 6 heteroatoms. The molecule has 1 N–H and O–H groups in total. The highest BCUT2D eigenvalue weighted by atomic mass is 32.2. The van der Waals surface area contributed by atoms with Gasteiger partial charge in [0.25, 0.3) is 0 Å². The first-order valence-electron chi connectivity index (χ1n) is 9.81. The zero-order chi connectivity index (χ0) is 21.2. The maximum absolute atomic E-state index is 11.4. The van der Waals surface area contributed by atoms with Crippen LogP contribution in [-0.4, -0.2) is 49.0 Å². The SMILES string of the molecule is COC(=O)COc1cccc2c(CCSC[C@@H](O)COc3ccccc3)cccc12. The van der Waals surface area contributed by atoms with Crippen LogP contribution < -0.4 is 9.47 Å². The molecule has 5 nitrogen and oxygen atoms in total. The number of aliphatic hydroxyl groups is 1. The Morgan fingerprint density at radius 2 is 1.73 bits per heavy atom. The van der Waals surface area contributed by atoms with Crippen molar-refractivity contribution >= 4 is 28.5 Å². The summed E-state index contributed by atoms with van der Waals surface area (Å²) in [6.45, 7) is 0.171. The average Bonchev–Trinajstić information content (AvgIpc) is 2.79. The number of carbonyl (C=O) groups excluding carboxylic acids is 1. The van der Waals surface area contributed by atoms with E-state index in [-0.39, 0.29) is 13.2 Å². The number of hydrogen-bond donors (Lipinski definition) is 1. The van der Waals surface area contributed by atoms with Gasteiger partial charge < -0.3 is 19.3 Å². The minimum absolute atomic E-state index is 0.112. The minimum Gasteiger partial charge on any atom is -0.491 e. The van der Waals surface area contributed by atoms with Crippen LogP contribution in [0.3, 0.4) is 0 Å². The molecule has 0 bridgehead atoms. The number of methoxy groups -OCH3 is 1. The van der Waals surface area contributed by atoms with E-state index in [1.54, 1.807) is 11.8 Å². The number of esters is 1. The summed E-state index contributed by atoms with van der Waals surface area (Å²) in [5.74, 6) is 2.53. The van der Waals surface area contributed by atoms with Crippen molar-refractivity contribution in [2.75, 3.05) is 31.8 Å². The number of carbonyl (C=O) groups is 1. The van der Waals surface area contributed by atoms with Crippen LogP contribution >= 0.6 is 11.8 Å². The number of aliphatic hydroxyl groups excluding tert-OH is 1. The maximum atomic E-state index is 11.4. The van der Waals surface area contributed by atoms with Gasteiger partial charge in [0, 0.05) is 11.1 Å². The zero-order valence-corrected chi connectivity index (χ0v) is 17.8. The van der Waals surface area contributed by atoms with Gasteiger partial charge in [0.05, 0.1) is 13.2 Å². The van der Waals surface area contributed by atoms with E-state index in [0.29, 0.717) is 11.5 Å². The van der Waals surface area contributed by atoms with E-state index in [9.17, 15) is 9.90 Å². The number of thioether (sulfide) groups is 1. The molecule has 0 fully saturated rings. The van der Waals surface area contributed by atoms with E-state index in [1.807, 2.05) is 54.6 Å². The quantitative estimate of drug-likeness (QED) is 0.368. The molecule has 0 heterocycles. The van der Waals surface area contributed by atoms with Crippen LogP contribution in [0.1, 0.15) is 5.56 Å². The van der Waals surface area contributed by atoms with E-state index < -0.39 is 12.1 Å². The lowest BCUT2D eigenvalue weighted by Crippen LogP contribution is -2.20. The van der Waals surface area contributed by atoms with Crippen molar-refractivity contribution < 1.29 is 24.1 Å². The molecule has 1 atom stereocenters. The predicted molar refractivity (Wildman–Crippen MR) is 120 cm³/mol. The summed E-state index contributed by atoms with van der Waals surface area (Å²) in [6.07, 6.45) is 0.357. The molecule has 3 aromatic rings. The fraction of sp³-hybridized carbons (Fsp3) is 0.292.